The van der Waals surface area contributed by atoms with Crippen LogP contribution in [0, 0.1) is 11.3 Å². The first-order chi connectivity index (χ1) is 2.41. The maximum atomic E-state index is 7.84. The Kier molecular flexibility index (Phi) is 3.07. The van der Waals surface area contributed by atoms with E-state index >= 15 is 0 Å². The SMILES string of the molecule is N#CC[14CH2]O. The average molecular weight is 73.1 g/mol. The van der Waals surface area contributed by atoms with Crippen LogP contribution in [0.2, 0.25) is 0 Å². The van der Waals surface area contributed by atoms with Crippen LogP contribution >= 0.6 is 0 Å². The lowest BCUT2D eigenvalue weighted by atomic mass is 10.8. The van der Waals surface area contributed by atoms with Gasteiger partial charge in [0.05, 0.1) is 19.1 Å². The van der Waals surface area contributed by atoms with Crippen molar-refractivity contribution in [3.8, 4) is 6.07 Å². The second-order valence-electron chi connectivity index (χ2n) is 0.632. The zero-order valence-electron chi connectivity index (χ0n) is 2.81. The summed E-state index contributed by atoms with van der Waals surface area (Å²) in [6.45, 7) is -0.0174. The molecule has 0 aliphatic rings. The van der Waals surface area contributed by atoms with Gasteiger partial charge in [-0.1, -0.05) is 0 Å². The molecule has 0 saturated carbocycles. The van der Waals surface area contributed by atoms with E-state index in [4.69, 9.17) is 10.4 Å². The van der Waals surface area contributed by atoms with Crippen LogP contribution in [0.5, 0.6) is 0 Å². The van der Waals surface area contributed by atoms with Crippen molar-refractivity contribution in [3.05, 3.63) is 0 Å². The Labute approximate surface area is 30.7 Å². The van der Waals surface area contributed by atoms with Crippen LogP contribution in [-0.4, -0.2) is 11.7 Å². The fraction of sp³-hybridized carbons (Fsp3) is 0.667. The van der Waals surface area contributed by atoms with E-state index in [2.05, 4.69) is 0 Å². The number of hydrogen-bond donors (Lipinski definition) is 1. The predicted octanol–water partition coefficient (Wildman–Crippen LogP) is -0.108. The zero-order chi connectivity index (χ0) is 4.12. The molecule has 5 heavy (non-hydrogen) atoms. The Bertz CT molecular complexity index is 45.3. The summed E-state index contributed by atoms with van der Waals surface area (Å²) in [5.41, 5.74) is 0. The molecular formula is C3H5NO. The van der Waals surface area contributed by atoms with Gasteiger partial charge in [0.25, 0.3) is 0 Å². The first kappa shape index (κ1) is 4.45. The minimum absolute atomic E-state index is 0.0174. The third-order valence-electron chi connectivity index (χ3n) is 0.224. The fourth-order valence-electron chi connectivity index (χ4n) is 0.0500. The monoisotopic (exact) mass is 73.0 g/mol. The number of nitriles is 1. The molecule has 0 aromatic carbocycles. The van der Waals surface area contributed by atoms with E-state index in [1.54, 1.807) is 6.07 Å². The molecule has 0 atom stereocenters. The van der Waals surface area contributed by atoms with Gasteiger partial charge >= 0.3 is 0 Å². The first-order valence-electron chi connectivity index (χ1n) is 1.39. The number of aliphatic hydroxyl groups excluding tert-OH is 1. The molecule has 28 valence electrons. The summed E-state index contributed by atoms with van der Waals surface area (Å²) in [6, 6.07) is 1.77. The van der Waals surface area contributed by atoms with Crippen LogP contribution in [0.4, 0.5) is 0 Å². The second kappa shape index (κ2) is 3.45. The van der Waals surface area contributed by atoms with Crippen LogP contribution in [0.25, 0.3) is 0 Å². The third-order valence-corrected chi connectivity index (χ3v) is 0.224. The van der Waals surface area contributed by atoms with Crippen molar-refractivity contribution < 1.29 is 5.11 Å². The van der Waals surface area contributed by atoms with Crippen molar-refractivity contribution in [2.75, 3.05) is 6.61 Å². The molecule has 0 heterocycles. The van der Waals surface area contributed by atoms with Gasteiger partial charge < -0.3 is 5.11 Å². The Balaban J connectivity index is 2.48. The lowest BCUT2D eigenvalue weighted by Crippen LogP contribution is -1.72. The van der Waals surface area contributed by atoms with E-state index in [9.17, 15) is 0 Å². The highest BCUT2D eigenvalue weighted by atomic mass is 16.5. The van der Waals surface area contributed by atoms with Gasteiger partial charge in [0.2, 0.25) is 0 Å². The molecular weight excluding hydrogens is 68.0 g/mol. The van der Waals surface area contributed by atoms with Gasteiger partial charge in [-0.25, -0.2) is 0 Å². The second-order valence-corrected chi connectivity index (χ2v) is 0.632. The smallest absolute Gasteiger partial charge is 0.0645 e. The van der Waals surface area contributed by atoms with Crippen molar-refractivity contribution in [2.24, 2.45) is 0 Å². The average Bonchev–Trinajstić information content (AvgIpc) is 1.41. The van der Waals surface area contributed by atoms with E-state index in [0.29, 0.717) is 0 Å². The summed E-state index contributed by atoms with van der Waals surface area (Å²) in [7, 11) is 0. The van der Waals surface area contributed by atoms with Crippen molar-refractivity contribution >= 4 is 0 Å². The summed E-state index contributed by atoms with van der Waals surface area (Å²) in [6.07, 6.45) is 0.250. The Morgan fingerprint density at radius 2 is 2.60 bits per heavy atom. The minimum atomic E-state index is -0.0174. The van der Waals surface area contributed by atoms with E-state index in [1.165, 1.54) is 0 Å². The quantitative estimate of drug-likeness (QED) is 0.470. The topological polar surface area (TPSA) is 44.0 Å². The van der Waals surface area contributed by atoms with E-state index in [0.717, 1.165) is 0 Å². The molecule has 0 fully saturated rings. The summed E-state index contributed by atoms with van der Waals surface area (Å²) in [5.74, 6) is 0. The maximum Gasteiger partial charge on any atom is 0.0645 e. The van der Waals surface area contributed by atoms with Crippen LogP contribution in [-0.2, 0) is 0 Å². The van der Waals surface area contributed by atoms with E-state index < -0.39 is 0 Å². The standard InChI is InChI=1S/C3H5NO/c4-2-1-3-5/h5H,1,3H2/i3+2. The van der Waals surface area contributed by atoms with Gasteiger partial charge in [0.15, 0.2) is 0 Å². The van der Waals surface area contributed by atoms with Gasteiger partial charge in [-0.05, 0) is 0 Å². The number of aliphatic hydroxyl groups is 1. The molecule has 0 bridgehead atoms. The predicted molar refractivity (Wildman–Crippen MR) is 17.3 cm³/mol. The summed E-state index contributed by atoms with van der Waals surface area (Å²) < 4.78 is 0. The number of nitrogens with zero attached hydrogens (tertiary/aromatic N) is 1. The lowest BCUT2D eigenvalue weighted by Gasteiger charge is -1.67. The molecule has 0 radical (unpaired) electrons. The zero-order valence-corrected chi connectivity index (χ0v) is 2.81. The molecule has 2 nitrogen and oxygen atoms in total. The van der Waals surface area contributed by atoms with Gasteiger partial charge in [-0.15, -0.1) is 0 Å². The van der Waals surface area contributed by atoms with Crippen LogP contribution in [0.15, 0.2) is 0 Å². The highest BCUT2D eigenvalue weighted by molar-refractivity contribution is 4.65. The summed E-state index contributed by atoms with van der Waals surface area (Å²) in [5, 5.41) is 15.5. The molecule has 0 aliphatic heterocycles. The van der Waals surface area contributed by atoms with Crippen molar-refractivity contribution in [1.82, 2.24) is 0 Å². The first-order valence-corrected chi connectivity index (χ1v) is 1.39. The molecule has 0 spiro atoms. The molecule has 0 aromatic rings. The molecule has 0 aliphatic carbocycles. The van der Waals surface area contributed by atoms with Crippen LogP contribution in [0.1, 0.15) is 6.42 Å². The molecule has 0 amide bonds. The molecule has 0 aromatic heterocycles. The third kappa shape index (κ3) is 3.45. The number of rotatable bonds is 1. The van der Waals surface area contributed by atoms with Gasteiger partial charge in [0.1, 0.15) is 0 Å². The highest BCUT2D eigenvalue weighted by Gasteiger charge is 1.66. The summed E-state index contributed by atoms with van der Waals surface area (Å²) in [4.78, 5) is 0. The Hall–Kier alpha value is -0.550. The summed E-state index contributed by atoms with van der Waals surface area (Å²) >= 11 is 0. The lowest BCUT2D eigenvalue weighted by molar-refractivity contribution is 0.304. The van der Waals surface area contributed by atoms with Gasteiger partial charge in [0, 0.05) is 0 Å². The van der Waals surface area contributed by atoms with Crippen molar-refractivity contribution in [3.63, 3.8) is 0 Å². The normalized spacial score (nSPS) is 6.40. The van der Waals surface area contributed by atoms with Crippen LogP contribution < -0.4 is 0 Å². The molecule has 0 unspecified atom stereocenters. The molecule has 0 rings (SSSR count). The minimum Gasteiger partial charge on any atom is -0.395 e. The van der Waals surface area contributed by atoms with E-state index in [-0.39, 0.29) is 13.0 Å². The Morgan fingerprint density at radius 3 is 2.60 bits per heavy atom. The number of hydrogen-bond acceptors (Lipinski definition) is 2. The van der Waals surface area contributed by atoms with Gasteiger partial charge in [-0.2, -0.15) is 5.26 Å². The Morgan fingerprint density at radius 1 is 2.00 bits per heavy atom. The van der Waals surface area contributed by atoms with Crippen molar-refractivity contribution in [1.29, 1.82) is 5.26 Å². The fourth-order valence-corrected chi connectivity index (χ4v) is 0.0500. The molecule has 1 N–H and O–H groups in total. The molecule has 2 heteroatoms. The molecule has 0 saturated heterocycles. The largest absolute Gasteiger partial charge is 0.395 e. The van der Waals surface area contributed by atoms with E-state index in [1.807, 2.05) is 0 Å². The van der Waals surface area contributed by atoms with Crippen LogP contribution in [0.3, 0.4) is 0 Å². The van der Waals surface area contributed by atoms with Crippen molar-refractivity contribution in [2.45, 2.75) is 6.42 Å². The van der Waals surface area contributed by atoms with Gasteiger partial charge in [-0.3, -0.25) is 0 Å². The maximum absolute atomic E-state index is 7.84. The highest BCUT2D eigenvalue weighted by Crippen LogP contribution is 1.62.